The fraction of sp³-hybridized carbons (Fsp3) is 0.857. The second-order valence-corrected chi connectivity index (χ2v) is 2.27. The van der Waals surface area contributed by atoms with E-state index in [4.69, 9.17) is 4.74 Å². The Morgan fingerprint density at radius 2 is 2.67 bits per heavy atom. The number of hydrogen-bond donors (Lipinski definition) is 1. The van der Waals surface area contributed by atoms with Gasteiger partial charge in [-0.15, -0.1) is 0 Å². The molecule has 1 heterocycles. The van der Waals surface area contributed by atoms with Crippen molar-refractivity contribution in [3.63, 3.8) is 0 Å². The molecule has 1 fully saturated rings. The summed E-state index contributed by atoms with van der Waals surface area (Å²) in [5, 5.41) is 3.21. The van der Waals surface area contributed by atoms with Gasteiger partial charge in [0.05, 0.1) is 6.61 Å². The molecule has 0 bridgehead atoms. The molecule has 0 saturated carbocycles. The molecule has 1 aliphatic heterocycles. The maximum absolute atomic E-state index is 5.29. The first kappa shape index (κ1) is 7.03. The number of nitrogens with one attached hydrogen (secondary N) is 1. The zero-order chi connectivity index (χ0) is 6.53. The van der Waals surface area contributed by atoms with Crippen LogP contribution in [0.4, 0.5) is 0 Å². The molecule has 0 aromatic carbocycles. The van der Waals surface area contributed by atoms with Crippen molar-refractivity contribution < 1.29 is 4.74 Å². The average molecular weight is 128 g/mol. The molecule has 9 heavy (non-hydrogen) atoms. The smallest absolute Gasteiger partial charge is 0.111 e. The Labute approximate surface area is 56.6 Å². The lowest BCUT2D eigenvalue weighted by Gasteiger charge is -2.06. The molecule has 0 aliphatic carbocycles. The van der Waals surface area contributed by atoms with E-state index < -0.39 is 0 Å². The van der Waals surface area contributed by atoms with Crippen LogP contribution < -0.4 is 5.32 Å². The van der Waals surface area contributed by atoms with Gasteiger partial charge in [0, 0.05) is 13.0 Å². The van der Waals surface area contributed by atoms with Crippen LogP contribution in [0.2, 0.25) is 0 Å². The van der Waals surface area contributed by atoms with E-state index in [1.807, 2.05) is 0 Å². The predicted molar refractivity (Wildman–Crippen MR) is 37.0 cm³/mol. The van der Waals surface area contributed by atoms with Crippen molar-refractivity contribution in [2.24, 2.45) is 0 Å². The Hall–Kier alpha value is -0.0800. The first-order valence-corrected chi connectivity index (χ1v) is 3.62. The first-order chi connectivity index (χ1) is 4.43. The molecule has 0 spiro atoms. The van der Waals surface area contributed by atoms with Gasteiger partial charge < -0.3 is 4.74 Å². The molecule has 1 N–H and O–H groups in total. The summed E-state index contributed by atoms with van der Waals surface area (Å²) in [6.07, 6.45) is 4.79. The van der Waals surface area contributed by atoms with Crippen LogP contribution in [0.25, 0.3) is 0 Å². The summed E-state index contributed by atoms with van der Waals surface area (Å²) in [5.74, 6) is 0. The minimum atomic E-state index is 0.241. The zero-order valence-corrected chi connectivity index (χ0v) is 5.89. The molecule has 1 rings (SSSR count). The SMILES string of the molecule is CCC[CH]C1NCCO1. The van der Waals surface area contributed by atoms with Crippen molar-refractivity contribution in [3.8, 4) is 0 Å². The fourth-order valence-electron chi connectivity index (χ4n) is 0.915. The monoisotopic (exact) mass is 128 g/mol. The van der Waals surface area contributed by atoms with Crippen molar-refractivity contribution in [1.29, 1.82) is 0 Å². The largest absolute Gasteiger partial charge is 0.362 e. The molecule has 53 valence electrons. The second kappa shape index (κ2) is 3.85. The van der Waals surface area contributed by atoms with Gasteiger partial charge in [0.25, 0.3) is 0 Å². The maximum atomic E-state index is 5.29. The third kappa shape index (κ3) is 2.33. The van der Waals surface area contributed by atoms with Gasteiger partial charge in [-0.05, 0) is 6.42 Å². The van der Waals surface area contributed by atoms with E-state index in [1.54, 1.807) is 0 Å². The average Bonchev–Trinajstić information content (AvgIpc) is 2.34. The standard InChI is InChI=1S/C7H14NO/c1-2-3-4-7-8-5-6-9-7/h4,7-8H,2-3,5-6H2,1H3. The predicted octanol–water partition coefficient (Wildman–Crippen LogP) is 0.937. The Balaban J connectivity index is 1.98. The van der Waals surface area contributed by atoms with Crippen molar-refractivity contribution in [3.05, 3.63) is 6.42 Å². The lowest BCUT2D eigenvalue weighted by molar-refractivity contribution is 0.123. The van der Waals surface area contributed by atoms with Gasteiger partial charge in [0.15, 0.2) is 0 Å². The van der Waals surface area contributed by atoms with Gasteiger partial charge in [0.2, 0.25) is 0 Å². The zero-order valence-electron chi connectivity index (χ0n) is 5.89. The summed E-state index contributed by atoms with van der Waals surface area (Å²) in [7, 11) is 0. The molecule has 2 nitrogen and oxygen atoms in total. The third-order valence-corrected chi connectivity index (χ3v) is 1.41. The van der Waals surface area contributed by atoms with Crippen LogP contribution in [-0.2, 0) is 4.74 Å². The highest BCUT2D eigenvalue weighted by Gasteiger charge is 2.12. The Morgan fingerprint density at radius 3 is 3.22 bits per heavy atom. The molecule has 0 amide bonds. The van der Waals surface area contributed by atoms with Crippen LogP contribution in [0.15, 0.2) is 0 Å². The van der Waals surface area contributed by atoms with Crippen LogP contribution in [0.1, 0.15) is 19.8 Å². The van der Waals surface area contributed by atoms with E-state index >= 15 is 0 Å². The van der Waals surface area contributed by atoms with Gasteiger partial charge in [0.1, 0.15) is 6.23 Å². The molecule has 1 atom stereocenters. The summed E-state index contributed by atoms with van der Waals surface area (Å²) in [6, 6.07) is 0. The van der Waals surface area contributed by atoms with Crippen molar-refractivity contribution in [2.45, 2.75) is 26.0 Å². The highest BCUT2D eigenvalue weighted by atomic mass is 16.5. The Bertz CT molecular complexity index is 69.3. The van der Waals surface area contributed by atoms with E-state index in [1.165, 1.54) is 6.42 Å². The molecule has 2 heteroatoms. The van der Waals surface area contributed by atoms with Gasteiger partial charge in [-0.25, -0.2) is 0 Å². The number of ether oxygens (including phenoxy) is 1. The van der Waals surface area contributed by atoms with Crippen molar-refractivity contribution in [2.75, 3.05) is 13.2 Å². The minimum absolute atomic E-state index is 0.241. The summed E-state index contributed by atoms with van der Waals surface area (Å²) in [5.41, 5.74) is 0. The van der Waals surface area contributed by atoms with Crippen LogP contribution in [0.3, 0.4) is 0 Å². The molecule has 0 aromatic heterocycles. The normalized spacial score (nSPS) is 27.0. The lowest BCUT2D eigenvalue weighted by atomic mass is 10.2. The van der Waals surface area contributed by atoms with Gasteiger partial charge in [-0.3, -0.25) is 5.32 Å². The third-order valence-electron chi connectivity index (χ3n) is 1.41. The van der Waals surface area contributed by atoms with Gasteiger partial charge in [-0.1, -0.05) is 13.3 Å². The van der Waals surface area contributed by atoms with E-state index in [0.717, 1.165) is 19.6 Å². The Morgan fingerprint density at radius 1 is 1.78 bits per heavy atom. The van der Waals surface area contributed by atoms with E-state index in [-0.39, 0.29) is 6.23 Å². The summed E-state index contributed by atoms with van der Waals surface area (Å²) < 4.78 is 5.29. The van der Waals surface area contributed by atoms with Crippen molar-refractivity contribution in [1.82, 2.24) is 5.32 Å². The van der Waals surface area contributed by atoms with Crippen LogP contribution in [0, 0.1) is 6.42 Å². The summed E-state index contributed by atoms with van der Waals surface area (Å²) in [4.78, 5) is 0. The fourth-order valence-corrected chi connectivity index (χ4v) is 0.915. The van der Waals surface area contributed by atoms with E-state index in [0.29, 0.717) is 0 Å². The summed E-state index contributed by atoms with van der Waals surface area (Å²) >= 11 is 0. The van der Waals surface area contributed by atoms with E-state index in [2.05, 4.69) is 18.7 Å². The van der Waals surface area contributed by atoms with Crippen LogP contribution in [0.5, 0.6) is 0 Å². The molecule has 1 unspecified atom stereocenters. The molecular weight excluding hydrogens is 114 g/mol. The van der Waals surface area contributed by atoms with Gasteiger partial charge in [-0.2, -0.15) is 0 Å². The Kier molecular flexibility index (Phi) is 3.01. The second-order valence-electron chi connectivity index (χ2n) is 2.27. The van der Waals surface area contributed by atoms with Gasteiger partial charge >= 0.3 is 0 Å². The molecule has 1 saturated heterocycles. The maximum Gasteiger partial charge on any atom is 0.111 e. The van der Waals surface area contributed by atoms with E-state index in [9.17, 15) is 0 Å². The summed E-state index contributed by atoms with van der Waals surface area (Å²) in [6.45, 7) is 4.04. The molecule has 1 radical (unpaired) electrons. The molecule has 0 aromatic rings. The lowest BCUT2D eigenvalue weighted by Crippen LogP contribution is -2.22. The quantitative estimate of drug-likeness (QED) is 0.610. The first-order valence-electron chi connectivity index (χ1n) is 3.62. The topological polar surface area (TPSA) is 21.3 Å². The highest BCUT2D eigenvalue weighted by molar-refractivity contribution is 4.77. The number of hydrogen-bond acceptors (Lipinski definition) is 2. The van der Waals surface area contributed by atoms with Crippen molar-refractivity contribution >= 4 is 0 Å². The minimum Gasteiger partial charge on any atom is -0.362 e. The number of unbranched alkanes of at least 4 members (excludes halogenated alkanes) is 1. The highest BCUT2D eigenvalue weighted by Crippen LogP contribution is 2.03. The molecule has 1 aliphatic rings. The van der Waals surface area contributed by atoms with Crippen LogP contribution >= 0.6 is 0 Å². The molecular formula is C7H14NO. The number of rotatable bonds is 3. The van der Waals surface area contributed by atoms with Crippen LogP contribution in [-0.4, -0.2) is 19.4 Å².